The van der Waals surface area contributed by atoms with Gasteiger partial charge in [0.2, 0.25) is 0 Å². The lowest BCUT2D eigenvalue weighted by molar-refractivity contribution is -0.115. The molecule has 1 aliphatic heterocycles. The van der Waals surface area contributed by atoms with Crippen LogP contribution in [0.25, 0.3) is 6.08 Å². The van der Waals surface area contributed by atoms with Gasteiger partial charge in [0.1, 0.15) is 11.4 Å². The Morgan fingerprint density at radius 1 is 1.25 bits per heavy atom. The van der Waals surface area contributed by atoms with Crippen molar-refractivity contribution in [2.75, 3.05) is 0 Å². The maximum absolute atomic E-state index is 11.2. The first-order valence-corrected chi connectivity index (χ1v) is 5.46. The Hall–Kier alpha value is -1.57. The van der Waals surface area contributed by atoms with E-state index in [0.717, 1.165) is 5.56 Å². The molecule has 0 unspecified atom stereocenters. The number of aromatic hydroxyl groups is 1. The van der Waals surface area contributed by atoms with Gasteiger partial charge in [-0.15, -0.1) is 0 Å². The molecule has 1 fully saturated rings. The quantitative estimate of drug-likeness (QED) is 0.411. The Morgan fingerprint density at radius 3 is 2.56 bits per heavy atom. The third kappa shape index (κ3) is 2.16. The van der Waals surface area contributed by atoms with E-state index in [-0.39, 0.29) is 11.4 Å². The Labute approximate surface area is 105 Å². The molecule has 5 nitrogen and oxygen atoms in total. The summed E-state index contributed by atoms with van der Waals surface area (Å²) in [4.78, 5) is 22.1. The standard InChI is InChI=1S/C10H7IN2O3/c11-6-3-5(1-2-8(6)14)4-7-9(15)13-10(16)12-7/h1-4,14H,(H2,12,13,15,16)/b7-4+. The zero-order valence-corrected chi connectivity index (χ0v) is 10.1. The average Bonchev–Trinajstić information content (AvgIpc) is 2.51. The number of nitrogens with one attached hydrogen (secondary N) is 2. The van der Waals surface area contributed by atoms with E-state index in [1.165, 1.54) is 6.07 Å². The van der Waals surface area contributed by atoms with Crippen LogP contribution in [0.3, 0.4) is 0 Å². The van der Waals surface area contributed by atoms with Crippen molar-refractivity contribution in [2.45, 2.75) is 0 Å². The fourth-order valence-corrected chi connectivity index (χ4v) is 1.80. The van der Waals surface area contributed by atoms with Gasteiger partial charge in [-0.1, -0.05) is 6.07 Å². The van der Waals surface area contributed by atoms with Crippen molar-refractivity contribution in [3.8, 4) is 5.75 Å². The van der Waals surface area contributed by atoms with E-state index in [4.69, 9.17) is 0 Å². The highest BCUT2D eigenvalue weighted by atomic mass is 127. The highest BCUT2D eigenvalue weighted by Gasteiger charge is 2.22. The predicted molar refractivity (Wildman–Crippen MR) is 65.5 cm³/mol. The van der Waals surface area contributed by atoms with Gasteiger partial charge in [0.15, 0.2) is 0 Å². The van der Waals surface area contributed by atoms with E-state index >= 15 is 0 Å². The number of phenolic OH excluding ortho intramolecular Hbond substituents is 1. The van der Waals surface area contributed by atoms with Crippen LogP contribution >= 0.6 is 22.6 Å². The number of urea groups is 1. The number of rotatable bonds is 1. The van der Waals surface area contributed by atoms with E-state index in [1.54, 1.807) is 18.2 Å². The normalized spacial score (nSPS) is 17.4. The monoisotopic (exact) mass is 330 g/mol. The van der Waals surface area contributed by atoms with Crippen molar-refractivity contribution in [3.05, 3.63) is 33.0 Å². The summed E-state index contributed by atoms with van der Waals surface area (Å²) in [5, 5.41) is 13.8. The Morgan fingerprint density at radius 2 is 2.00 bits per heavy atom. The van der Waals surface area contributed by atoms with Crippen LogP contribution in [-0.2, 0) is 4.79 Å². The SMILES string of the molecule is O=C1NC(=O)/C(=C\c2ccc(O)c(I)c2)N1. The molecule has 1 aliphatic rings. The number of benzene rings is 1. The number of carbonyl (C=O) groups is 2. The van der Waals surface area contributed by atoms with Crippen LogP contribution in [0.15, 0.2) is 23.9 Å². The molecule has 0 spiro atoms. The highest BCUT2D eigenvalue weighted by molar-refractivity contribution is 14.1. The second-order valence-electron chi connectivity index (χ2n) is 3.18. The van der Waals surface area contributed by atoms with Crippen LogP contribution in [-0.4, -0.2) is 17.0 Å². The summed E-state index contributed by atoms with van der Waals surface area (Å²) in [7, 11) is 0. The Bertz CT molecular complexity index is 511. The van der Waals surface area contributed by atoms with Crippen molar-refractivity contribution >= 4 is 40.6 Å². The molecule has 6 heteroatoms. The summed E-state index contributed by atoms with van der Waals surface area (Å²) in [6.45, 7) is 0. The topological polar surface area (TPSA) is 78.4 Å². The van der Waals surface area contributed by atoms with Crippen LogP contribution in [0.2, 0.25) is 0 Å². The molecule has 3 N–H and O–H groups in total. The number of hydrogen-bond acceptors (Lipinski definition) is 3. The summed E-state index contributed by atoms with van der Waals surface area (Å²) in [5.74, 6) is -0.268. The minimum absolute atomic E-state index is 0.183. The van der Waals surface area contributed by atoms with Crippen LogP contribution in [0.4, 0.5) is 4.79 Å². The number of carbonyl (C=O) groups excluding carboxylic acids is 2. The first-order valence-electron chi connectivity index (χ1n) is 4.39. The summed E-state index contributed by atoms with van der Waals surface area (Å²) in [5.41, 5.74) is 0.932. The third-order valence-corrected chi connectivity index (χ3v) is 2.87. The van der Waals surface area contributed by atoms with Crippen molar-refractivity contribution in [3.63, 3.8) is 0 Å². The molecule has 2 rings (SSSR count). The van der Waals surface area contributed by atoms with E-state index in [2.05, 4.69) is 10.6 Å². The molecule has 0 aromatic heterocycles. The number of halogens is 1. The Kier molecular flexibility index (Phi) is 2.82. The van der Waals surface area contributed by atoms with Crippen LogP contribution in [0.5, 0.6) is 5.75 Å². The smallest absolute Gasteiger partial charge is 0.326 e. The summed E-state index contributed by atoms with van der Waals surface area (Å²) >= 11 is 1.98. The van der Waals surface area contributed by atoms with Crippen LogP contribution in [0.1, 0.15) is 5.56 Å². The molecule has 1 heterocycles. The van der Waals surface area contributed by atoms with Crippen molar-refractivity contribution in [1.29, 1.82) is 0 Å². The number of hydrogen-bond donors (Lipinski definition) is 3. The maximum atomic E-state index is 11.2. The second-order valence-corrected chi connectivity index (χ2v) is 4.34. The molecule has 3 amide bonds. The van der Waals surface area contributed by atoms with E-state index in [9.17, 15) is 14.7 Å². The molecule has 16 heavy (non-hydrogen) atoms. The van der Waals surface area contributed by atoms with Gasteiger partial charge >= 0.3 is 6.03 Å². The number of imide groups is 1. The predicted octanol–water partition coefficient (Wildman–Crippen LogP) is 1.18. The van der Waals surface area contributed by atoms with Gasteiger partial charge in [0.05, 0.1) is 3.57 Å². The maximum Gasteiger partial charge on any atom is 0.326 e. The lowest BCUT2D eigenvalue weighted by Gasteiger charge is -1.99. The minimum Gasteiger partial charge on any atom is -0.507 e. The molecule has 1 saturated heterocycles. The largest absolute Gasteiger partial charge is 0.507 e. The fourth-order valence-electron chi connectivity index (χ4n) is 1.26. The fraction of sp³-hybridized carbons (Fsp3) is 0. The molecule has 0 bridgehead atoms. The van der Waals surface area contributed by atoms with Crippen molar-refractivity contribution < 1.29 is 14.7 Å². The lowest BCUT2D eigenvalue weighted by Crippen LogP contribution is -2.22. The third-order valence-electron chi connectivity index (χ3n) is 2.00. The van der Waals surface area contributed by atoms with Gasteiger partial charge in [-0.05, 0) is 46.4 Å². The summed E-state index contributed by atoms with van der Waals surface area (Å²) in [6, 6.07) is 4.37. The first-order chi connectivity index (χ1) is 7.56. The van der Waals surface area contributed by atoms with Gasteiger partial charge in [-0.25, -0.2) is 4.79 Å². The summed E-state index contributed by atoms with van der Waals surface area (Å²) < 4.78 is 0.677. The van der Waals surface area contributed by atoms with E-state index < -0.39 is 11.9 Å². The van der Waals surface area contributed by atoms with Gasteiger partial charge in [-0.2, -0.15) is 0 Å². The molecule has 0 radical (unpaired) electrons. The Balaban J connectivity index is 2.32. The molecule has 1 aromatic rings. The second kappa shape index (κ2) is 4.12. The highest BCUT2D eigenvalue weighted by Crippen LogP contribution is 2.21. The molecule has 0 atom stereocenters. The van der Waals surface area contributed by atoms with Gasteiger partial charge in [0, 0.05) is 0 Å². The molecule has 82 valence electrons. The average molecular weight is 330 g/mol. The van der Waals surface area contributed by atoms with Gasteiger partial charge in [0.25, 0.3) is 5.91 Å². The van der Waals surface area contributed by atoms with Gasteiger partial charge in [-0.3, -0.25) is 10.1 Å². The first kappa shape index (κ1) is 10.9. The van der Waals surface area contributed by atoms with Crippen LogP contribution < -0.4 is 10.6 Å². The van der Waals surface area contributed by atoms with Gasteiger partial charge < -0.3 is 10.4 Å². The molecule has 0 aliphatic carbocycles. The summed E-state index contributed by atoms with van der Waals surface area (Å²) in [6.07, 6.45) is 1.54. The zero-order chi connectivity index (χ0) is 11.7. The van der Waals surface area contributed by atoms with Crippen molar-refractivity contribution in [2.24, 2.45) is 0 Å². The van der Waals surface area contributed by atoms with Crippen LogP contribution in [0, 0.1) is 3.57 Å². The molecular formula is C10H7IN2O3. The number of amides is 3. The zero-order valence-electron chi connectivity index (χ0n) is 7.95. The molecular weight excluding hydrogens is 323 g/mol. The van der Waals surface area contributed by atoms with E-state index in [1.807, 2.05) is 22.6 Å². The minimum atomic E-state index is -0.523. The number of phenols is 1. The molecule has 0 saturated carbocycles. The lowest BCUT2D eigenvalue weighted by atomic mass is 10.2. The van der Waals surface area contributed by atoms with E-state index in [0.29, 0.717) is 3.57 Å². The van der Waals surface area contributed by atoms with Crippen molar-refractivity contribution in [1.82, 2.24) is 10.6 Å². The molecule has 1 aromatic carbocycles.